The molecule has 0 spiro atoms. The Hall–Kier alpha value is -1.14. The second-order valence-electron chi connectivity index (χ2n) is 4.97. The predicted molar refractivity (Wildman–Crippen MR) is 65.7 cm³/mol. The Kier molecular flexibility index (Phi) is 4.54. The van der Waals surface area contributed by atoms with Crippen LogP contribution in [-0.2, 0) is 14.3 Å². The highest BCUT2D eigenvalue weighted by atomic mass is 16.5. The Labute approximate surface area is 107 Å². The molecule has 0 aromatic rings. The predicted octanol–water partition coefficient (Wildman–Crippen LogP) is -0.911. The topological polar surface area (TPSA) is 84.7 Å². The van der Waals surface area contributed by atoms with Gasteiger partial charge in [-0.25, -0.2) is 0 Å². The van der Waals surface area contributed by atoms with Gasteiger partial charge in [0.1, 0.15) is 0 Å². The maximum absolute atomic E-state index is 12.5. The van der Waals surface area contributed by atoms with Gasteiger partial charge in [0.15, 0.2) is 0 Å². The Morgan fingerprint density at radius 1 is 1.28 bits per heavy atom. The molecule has 2 rings (SSSR count). The third kappa shape index (κ3) is 3.20. The van der Waals surface area contributed by atoms with Crippen LogP contribution < -0.4 is 11.1 Å². The summed E-state index contributed by atoms with van der Waals surface area (Å²) in [6.07, 6.45) is 2.38. The summed E-state index contributed by atoms with van der Waals surface area (Å²) in [6, 6.07) is 0.104. The van der Waals surface area contributed by atoms with E-state index in [4.69, 9.17) is 10.5 Å². The summed E-state index contributed by atoms with van der Waals surface area (Å²) in [5.74, 6) is -0.396. The summed E-state index contributed by atoms with van der Waals surface area (Å²) < 4.78 is 5.26. The number of rotatable bonds is 4. The number of hydrogen-bond acceptors (Lipinski definition) is 4. The van der Waals surface area contributed by atoms with E-state index in [2.05, 4.69) is 5.32 Å². The average Bonchev–Trinajstić information content (AvgIpc) is 2.89. The lowest BCUT2D eigenvalue weighted by molar-refractivity contribution is -0.143. The standard InChI is InChI=1S/C12H21N3O3/c13-11(16)8-15(10-1-4-14-7-10)12(17)9-2-5-18-6-3-9/h9-10,14H,1-8H2,(H2,13,16). The van der Waals surface area contributed by atoms with Gasteiger partial charge in [0.2, 0.25) is 11.8 Å². The van der Waals surface area contributed by atoms with E-state index >= 15 is 0 Å². The minimum atomic E-state index is -0.442. The Morgan fingerprint density at radius 3 is 2.56 bits per heavy atom. The number of nitrogens with one attached hydrogen (secondary N) is 1. The van der Waals surface area contributed by atoms with Crippen molar-refractivity contribution in [2.75, 3.05) is 32.8 Å². The van der Waals surface area contributed by atoms with Crippen molar-refractivity contribution >= 4 is 11.8 Å². The van der Waals surface area contributed by atoms with E-state index in [1.165, 1.54) is 0 Å². The molecule has 0 saturated carbocycles. The molecule has 0 aromatic carbocycles. The number of nitrogens with zero attached hydrogens (tertiary/aromatic N) is 1. The summed E-state index contributed by atoms with van der Waals surface area (Å²) >= 11 is 0. The Morgan fingerprint density at radius 2 is 2.00 bits per heavy atom. The zero-order valence-corrected chi connectivity index (χ0v) is 10.6. The van der Waals surface area contributed by atoms with Gasteiger partial charge in [-0.1, -0.05) is 0 Å². The molecule has 0 bridgehead atoms. The number of primary amides is 1. The van der Waals surface area contributed by atoms with E-state index in [1.807, 2.05) is 0 Å². The van der Waals surface area contributed by atoms with Gasteiger partial charge >= 0.3 is 0 Å². The van der Waals surface area contributed by atoms with Crippen LogP contribution in [0.2, 0.25) is 0 Å². The smallest absolute Gasteiger partial charge is 0.237 e. The molecular formula is C12H21N3O3. The molecule has 2 heterocycles. The molecule has 6 nitrogen and oxygen atoms in total. The molecule has 2 aliphatic rings. The third-order valence-corrected chi connectivity index (χ3v) is 3.65. The van der Waals surface area contributed by atoms with Crippen molar-refractivity contribution in [2.45, 2.75) is 25.3 Å². The minimum absolute atomic E-state index is 0.0151. The molecule has 0 aliphatic carbocycles. The van der Waals surface area contributed by atoms with Crippen molar-refractivity contribution in [3.05, 3.63) is 0 Å². The second-order valence-corrected chi connectivity index (χ2v) is 4.97. The van der Waals surface area contributed by atoms with Crippen molar-refractivity contribution in [3.8, 4) is 0 Å². The molecule has 18 heavy (non-hydrogen) atoms. The molecule has 2 fully saturated rings. The molecule has 102 valence electrons. The van der Waals surface area contributed by atoms with Crippen molar-refractivity contribution in [1.82, 2.24) is 10.2 Å². The summed E-state index contributed by atoms with van der Waals surface area (Å²) in [7, 11) is 0. The van der Waals surface area contributed by atoms with Crippen molar-refractivity contribution in [2.24, 2.45) is 11.7 Å². The lowest BCUT2D eigenvalue weighted by Gasteiger charge is -2.32. The summed E-state index contributed by atoms with van der Waals surface area (Å²) in [6.45, 7) is 2.93. The molecule has 2 amide bonds. The lowest BCUT2D eigenvalue weighted by atomic mass is 9.97. The van der Waals surface area contributed by atoms with Gasteiger partial charge in [0, 0.05) is 31.7 Å². The monoisotopic (exact) mass is 255 g/mol. The third-order valence-electron chi connectivity index (χ3n) is 3.65. The van der Waals surface area contributed by atoms with E-state index in [-0.39, 0.29) is 24.4 Å². The summed E-state index contributed by atoms with van der Waals surface area (Å²) in [4.78, 5) is 25.3. The van der Waals surface area contributed by atoms with Gasteiger partial charge in [-0.3, -0.25) is 9.59 Å². The number of hydrogen-bond donors (Lipinski definition) is 2. The molecule has 0 aromatic heterocycles. The van der Waals surface area contributed by atoms with E-state index in [9.17, 15) is 9.59 Å². The van der Waals surface area contributed by atoms with Crippen LogP contribution in [0.15, 0.2) is 0 Å². The molecule has 1 unspecified atom stereocenters. The van der Waals surface area contributed by atoms with Crippen LogP contribution in [0.4, 0.5) is 0 Å². The zero-order valence-electron chi connectivity index (χ0n) is 10.6. The van der Waals surface area contributed by atoms with Crippen molar-refractivity contribution in [3.63, 3.8) is 0 Å². The van der Waals surface area contributed by atoms with Crippen LogP contribution in [-0.4, -0.2) is 55.6 Å². The van der Waals surface area contributed by atoms with Crippen LogP contribution in [0.3, 0.4) is 0 Å². The summed E-state index contributed by atoms with van der Waals surface area (Å²) in [5, 5.41) is 3.21. The van der Waals surface area contributed by atoms with Crippen molar-refractivity contribution in [1.29, 1.82) is 0 Å². The quantitative estimate of drug-likeness (QED) is 0.681. The first-order valence-corrected chi connectivity index (χ1v) is 6.55. The second kappa shape index (κ2) is 6.15. The highest BCUT2D eigenvalue weighted by Gasteiger charge is 2.32. The highest BCUT2D eigenvalue weighted by Crippen LogP contribution is 2.20. The highest BCUT2D eigenvalue weighted by molar-refractivity contribution is 5.85. The van der Waals surface area contributed by atoms with E-state index in [0.717, 1.165) is 32.4 Å². The first-order valence-electron chi connectivity index (χ1n) is 6.55. The average molecular weight is 255 g/mol. The number of ether oxygens (including phenoxy) is 1. The van der Waals surface area contributed by atoms with Crippen LogP contribution in [0, 0.1) is 5.92 Å². The van der Waals surface area contributed by atoms with E-state index in [1.54, 1.807) is 4.90 Å². The van der Waals surface area contributed by atoms with Crippen molar-refractivity contribution < 1.29 is 14.3 Å². The number of nitrogens with two attached hydrogens (primary N) is 1. The minimum Gasteiger partial charge on any atom is -0.381 e. The van der Waals surface area contributed by atoms with Gasteiger partial charge in [-0.15, -0.1) is 0 Å². The fraction of sp³-hybridized carbons (Fsp3) is 0.833. The van der Waals surface area contributed by atoms with Crippen LogP contribution >= 0.6 is 0 Å². The van der Waals surface area contributed by atoms with Gasteiger partial charge in [0.05, 0.1) is 6.54 Å². The molecule has 2 aliphatic heterocycles. The Bertz CT molecular complexity index is 310. The number of carbonyl (C=O) groups excluding carboxylic acids is 2. The van der Waals surface area contributed by atoms with Crippen LogP contribution in [0.25, 0.3) is 0 Å². The molecule has 1 atom stereocenters. The van der Waals surface area contributed by atoms with E-state index < -0.39 is 5.91 Å². The fourth-order valence-electron chi connectivity index (χ4n) is 2.64. The van der Waals surface area contributed by atoms with Gasteiger partial charge < -0.3 is 20.7 Å². The van der Waals surface area contributed by atoms with E-state index in [0.29, 0.717) is 13.2 Å². The SMILES string of the molecule is NC(=O)CN(C(=O)C1CCOCC1)C1CCNC1. The molecule has 3 N–H and O–H groups in total. The summed E-state index contributed by atoms with van der Waals surface area (Å²) in [5.41, 5.74) is 5.25. The molecular weight excluding hydrogens is 234 g/mol. The first kappa shape index (κ1) is 13.3. The maximum Gasteiger partial charge on any atom is 0.237 e. The normalized spacial score (nSPS) is 25.0. The zero-order chi connectivity index (χ0) is 13.0. The number of carbonyl (C=O) groups is 2. The van der Waals surface area contributed by atoms with Gasteiger partial charge in [0.25, 0.3) is 0 Å². The van der Waals surface area contributed by atoms with Crippen LogP contribution in [0.5, 0.6) is 0 Å². The molecule has 6 heteroatoms. The van der Waals surface area contributed by atoms with Crippen LogP contribution in [0.1, 0.15) is 19.3 Å². The largest absolute Gasteiger partial charge is 0.381 e. The Balaban J connectivity index is 2.01. The lowest BCUT2D eigenvalue weighted by Crippen LogP contribution is -2.49. The molecule has 0 radical (unpaired) electrons. The molecule has 2 saturated heterocycles. The fourth-order valence-corrected chi connectivity index (χ4v) is 2.64. The first-order chi connectivity index (χ1) is 8.68. The number of amides is 2. The van der Waals surface area contributed by atoms with Gasteiger partial charge in [-0.05, 0) is 25.8 Å². The van der Waals surface area contributed by atoms with Gasteiger partial charge in [-0.2, -0.15) is 0 Å². The maximum atomic E-state index is 12.5.